The van der Waals surface area contributed by atoms with Gasteiger partial charge in [-0.3, -0.25) is 4.90 Å². The second-order valence-corrected chi connectivity index (χ2v) is 9.82. The molecule has 1 aliphatic heterocycles. The van der Waals surface area contributed by atoms with Crippen LogP contribution in [0.15, 0.2) is 30.5 Å². The maximum atomic E-state index is 15.0. The monoisotopic (exact) mass is 523 g/mol. The summed E-state index contributed by atoms with van der Waals surface area (Å²) in [5, 5.41) is 12.0. The summed E-state index contributed by atoms with van der Waals surface area (Å²) in [6.07, 6.45) is 1.99. The van der Waals surface area contributed by atoms with Gasteiger partial charge in [0.05, 0.1) is 17.9 Å². The number of pyridine rings is 1. The lowest BCUT2D eigenvalue weighted by Gasteiger charge is -2.29. The lowest BCUT2D eigenvalue weighted by atomic mass is 10.1. The SMILES string of the molecule is Cc1nc2c(F)cc(-c3nc(Nc4ccc5c(n4)CCN(CCC(N)NO)C5)ncc3F)cc2n1C(C)C. The summed E-state index contributed by atoms with van der Waals surface area (Å²) in [6, 6.07) is 6.83. The van der Waals surface area contributed by atoms with Gasteiger partial charge < -0.3 is 20.8 Å². The van der Waals surface area contributed by atoms with E-state index in [0.29, 0.717) is 29.1 Å². The van der Waals surface area contributed by atoms with Crippen molar-refractivity contribution in [2.24, 2.45) is 5.73 Å². The maximum Gasteiger partial charge on any atom is 0.229 e. The van der Waals surface area contributed by atoms with Gasteiger partial charge in [-0.05, 0) is 51.0 Å². The average molecular weight is 524 g/mol. The van der Waals surface area contributed by atoms with Gasteiger partial charge in [-0.25, -0.2) is 28.7 Å². The minimum atomic E-state index is -0.656. The van der Waals surface area contributed by atoms with Crippen LogP contribution in [-0.2, 0) is 13.0 Å². The van der Waals surface area contributed by atoms with Crippen LogP contribution in [0.25, 0.3) is 22.3 Å². The number of hydrogen-bond donors (Lipinski definition) is 4. The van der Waals surface area contributed by atoms with Gasteiger partial charge >= 0.3 is 0 Å². The van der Waals surface area contributed by atoms with E-state index < -0.39 is 17.8 Å². The molecule has 0 saturated heterocycles. The zero-order valence-corrected chi connectivity index (χ0v) is 21.5. The Balaban J connectivity index is 1.38. The molecule has 0 spiro atoms. The average Bonchev–Trinajstić information content (AvgIpc) is 3.24. The van der Waals surface area contributed by atoms with E-state index in [9.17, 15) is 8.78 Å². The number of imidazole rings is 1. The molecule has 0 radical (unpaired) electrons. The molecule has 0 aliphatic carbocycles. The lowest BCUT2D eigenvalue weighted by molar-refractivity contribution is 0.114. The molecule has 1 aliphatic rings. The van der Waals surface area contributed by atoms with Gasteiger partial charge in [0.15, 0.2) is 11.6 Å². The van der Waals surface area contributed by atoms with E-state index in [1.807, 2.05) is 37.5 Å². The number of fused-ring (bicyclic) bond motifs is 2. The van der Waals surface area contributed by atoms with E-state index in [1.54, 1.807) is 6.07 Å². The number of aromatic nitrogens is 5. The molecule has 1 atom stereocenters. The van der Waals surface area contributed by atoms with E-state index in [4.69, 9.17) is 15.9 Å². The van der Waals surface area contributed by atoms with Gasteiger partial charge in [0, 0.05) is 43.4 Å². The molecule has 5 rings (SSSR count). The fourth-order valence-electron chi connectivity index (χ4n) is 4.92. The van der Waals surface area contributed by atoms with Crippen molar-refractivity contribution < 1.29 is 14.0 Å². The molecule has 200 valence electrons. The fourth-order valence-corrected chi connectivity index (χ4v) is 4.92. The number of rotatable bonds is 8. The molecule has 12 heteroatoms. The number of anilines is 2. The summed E-state index contributed by atoms with van der Waals surface area (Å²) in [7, 11) is 0. The van der Waals surface area contributed by atoms with E-state index in [0.717, 1.165) is 43.5 Å². The zero-order chi connectivity index (χ0) is 27.0. The summed E-state index contributed by atoms with van der Waals surface area (Å²) in [4.78, 5) is 19.7. The number of nitrogens with zero attached hydrogens (tertiary/aromatic N) is 6. The highest BCUT2D eigenvalue weighted by Gasteiger charge is 2.20. The molecule has 4 heterocycles. The highest BCUT2D eigenvalue weighted by Crippen LogP contribution is 2.30. The number of aryl methyl sites for hydroxylation is 1. The Morgan fingerprint density at radius 2 is 1.95 bits per heavy atom. The van der Waals surface area contributed by atoms with Crippen molar-refractivity contribution in [2.45, 2.75) is 52.4 Å². The topological polar surface area (TPSA) is 130 Å². The Bertz CT molecular complexity index is 1470. The van der Waals surface area contributed by atoms with E-state index in [1.165, 1.54) is 6.07 Å². The number of hydroxylamine groups is 1. The van der Waals surface area contributed by atoms with Gasteiger partial charge in [-0.15, -0.1) is 0 Å². The van der Waals surface area contributed by atoms with Crippen LogP contribution in [0.1, 0.15) is 43.4 Å². The first kappa shape index (κ1) is 26.0. The maximum absolute atomic E-state index is 15.0. The Morgan fingerprint density at radius 3 is 2.71 bits per heavy atom. The molecule has 3 aromatic heterocycles. The third-order valence-corrected chi connectivity index (χ3v) is 6.75. The number of nitrogens with two attached hydrogens (primary N) is 1. The first-order chi connectivity index (χ1) is 18.2. The van der Waals surface area contributed by atoms with Crippen LogP contribution in [0, 0.1) is 18.6 Å². The molecule has 38 heavy (non-hydrogen) atoms. The molecule has 0 fully saturated rings. The predicted octanol–water partition coefficient (Wildman–Crippen LogP) is 3.81. The molecular formula is C26H31F2N9O. The Kier molecular flexibility index (Phi) is 7.30. The predicted molar refractivity (Wildman–Crippen MR) is 140 cm³/mol. The Labute approximate surface area is 218 Å². The van der Waals surface area contributed by atoms with Gasteiger partial charge in [-0.1, -0.05) is 6.07 Å². The molecular weight excluding hydrogens is 492 g/mol. The summed E-state index contributed by atoms with van der Waals surface area (Å²) in [5.41, 5.74) is 11.0. The normalized spacial score (nSPS) is 14.7. The van der Waals surface area contributed by atoms with Crippen LogP contribution < -0.4 is 16.5 Å². The third kappa shape index (κ3) is 5.20. The second-order valence-electron chi connectivity index (χ2n) is 9.82. The van der Waals surface area contributed by atoms with Gasteiger partial charge in [0.1, 0.15) is 22.9 Å². The minimum Gasteiger partial charge on any atom is -0.326 e. The van der Waals surface area contributed by atoms with Crippen molar-refractivity contribution in [1.29, 1.82) is 0 Å². The van der Waals surface area contributed by atoms with Crippen molar-refractivity contribution in [2.75, 3.05) is 18.4 Å². The third-order valence-electron chi connectivity index (χ3n) is 6.75. The molecule has 0 saturated carbocycles. The van der Waals surface area contributed by atoms with Crippen molar-refractivity contribution in [3.63, 3.8) is 0 Å². The molecule has 4 aromatic rings. The van der Waals surface area contributed by atoms with Crippen LogP contribution in [0.4, 0.5) is 20.5 Å². The highest BCUT2D eigenvalue weighted by molar-refractivity contribution is 5.83. The lowest BCUT2D eigenvalue weighted by Crippen LogP contribution is -2.40. The van der Waals surface area contributed by atoms with Crippen molar-refractivity contribution in [3.8, 4) is 11.3 Å². The fraction of sp³-hybridized carbons (Fsp3) is 0.385. The molecule has 10 nitrogen and oxygen atoms in total. The number of hydrogen-bond acceptors (Lipinski definition) is 9. The summed E-state index contributed by atoms with van der Waals surface area (Å²) >= 11 is 0. The van der Waals surface area contributed by atoms with Crippen LogP contribution in [0.5, 0.6) is 0 Å². The van der Waals surface area contributed by atoms with Crippen LogP contribution in [0.2, 0.25) is 0 Å². The molecule has 1 aromatic carbocycles. The Morgan fingerprint density at radius 1 is 1.13 bits per heavy atom. The van der Waals surface area contributed by atoms with E-state index >= 15 is 0 Å². The van der Waals surface area contributed by atoms with Crippen LogP contribution in [-0.4, -0.2) is 53.9 Å². The first-order valence-corrected chi connectivity index (χ1v) is 12.6. The summed E-state index contributed by atoms with van der Waals surface area (Å²) in [6.45, 7) is 8.10. The van der Waals surface area contributed by atoms with Crippen molar-refractivity contribution in [1.82, 2.24) is 34.9 Å². The number of benzene rings is 1. The molecule has 5 N–H and O–H groups in total. The van der Waals surface area contributed by atoms with Crippen LogP contribution in [0.3, 0.4) is 0 Å². The quantitative estimate of drug-likeness (QED) is 0.201. The minimum absolute atomic E-state index is 0.0124. The smallest absolute Gasteiger partial charge is 0.229 e. The molecule has 0 bridgehead atoms. The second kappa shape index (κ2) is 10.7. The first-order valence-electron chi connectivity index (χ1n) is 12.6. The highest BCUT2D eigenvalue weighted by atomic mass is 19.1. The van der Waals surface area contributed by atoms with Crippen molar-refractivity contribution in [3.05, 3.63) is 59.2 Å². The van der Waals surface area contributed by atoms with E-state index in [-0.39, 0.29) is 23.2 Å². The zero-order valence-electron chi connectivity index (χ0n) is 21.5. The van der Waals surface area contributed by atoms with Gasteiger partial charge in [-0.2, -0.15) is 5.48 Å². The van der Waals surface area contributed by atoms with E-state index in [2.05, 4.69) is 30.6 Å². The van der Waals surface area contributed by atoms with Gasteiger partial charge in [0.2, 0.25) is 5.95 Å². The summed E-state index contributed by atoms with van der Waals surface area (Å²) in [5.74, 6) is 0.190. The molecule has 1 unspecified atom stereocenters. The number of halogens is 2. The van der Waals surface area contributed by atoms with Crippen LogP contribution >= 0.6 is 0 Å². The molecule has 0 amide bonds. The van der Waals surface area contributed by atoms with Crippen molar-refractivity contribution >= 4 is 22.8 Å². The largest absolute Gasteiger partial charge is 0.326 e. The number of nitrogens with one attached hydrogen (secondary N) is 2. The standard InChI is InChI=1S/C26H31F2N9O/c1-14(2)37-15(3)31-25-18(27)10-17(11-21(25)37)24-19(28)12-30-26(34-24)33-23-5-4-16-13-36(8-6-20(16)32-23)9-7-22(29)35-38/h4-5,10-12,14,22,35,38H,6-9,13,29H2,1-3H3,(H,30,32,33,34). The van der Waals surface area contributed by atoms with Gasteiger partial charge in [0.25, 0.3) is 0 Å². The Hall–Kier alpha value is -3.58. The summed E-state index contributed by atoms with van der Waals surface area (Å²) < 4.78 is 31.7.